The molecule has 1 aromatic heterocycles. The topological polar surface area (TPSA) is 88.6 Å². The number of aromatic nitrogens is 2. The van der Waals surface area contributed by atoms with E-state index < -0.39 is 6.03 Å². The van der Waals surface area contributed by atoms with Gasteiger partial charge >= 0.3 is 6.03 Å². The Bertz CT molecular complexity index is 999. The number of methoxy groups -OCH3 is 2. The number of rotatable bonds is 8. The van der Waals surface area contributed by atoms with Crippen molar-refractivity contribution >= 4 is 29.2 Å². The summed E-state index contributed by atoms with van der Waals surface area (Å²) < 4.78 is 23.6. The lowest BCUT2D eigenvalue weighted by Gasteiger charge is -2.23. The van der Waals surface area contributed by atoms with E-state index in [9.17, 15) is 9.18 Å². The molecular formula is C22H24FN5O3. The number of benzene rings is 2. The minimum absolute atomic E-state index is 0.0253. The van der Waals surface area contributed by atoms with E-state index in [1.54, 1.807) is 50.7 Å². The van der Waals surface area contributed by atoms with Crippen LogP contribution in [0.4, 0.5) is 32.3 Å². The molecular weight excluding hydrogens is 401 g/mol. The molecule has 1 heterocycles. The molecule has 1 atom stereocenters. The first-order valence-corrected chi connectivity index (χ1v) is 9.59. The molecule has 162 valence electrons. The van der Waals surface area contributed by atoms with Gasteiger partial charge in [0.1, 0.15) is 17.4 Å². The maximum Gasteiger partial charge on any atom is 0.332 e. The standard InChI is InChI=1S/C22H24FN5O3/c1-15(14-30-2)25-21-24-13-12-20(27-21)28(18-8-10-19(31-3)11-9-18)22(29)26-17-6-4-16(23)5-7-17/h4-13,15H,14H2,1-3H3,(H,26,29)(H,24,25,27). The van der Waals surface area contributed by atoms with Crippen LogP contribution in [0.25, 0.3) is 0 Å². The van der Waals surface area contributed by atoms with Gasteiger partial charge in [-0.3, -0.25) is 0 Å². The molecule has 0 aliphatic carbocycles. The minimum atomic E-state index is -0.466. The first kappa shape index (κ1) is 22.0. The highest BCUT2D eigenvalue weighted by molar-refractivity contribution is 6.06. The predicted octanol–water partition coefficient (Wildman–Crippen LogP) is 4.44. The van der Waals surface area contributed by atoms with Gasteiger partial charge in [-0.1, -0.05) is 0 Å². The summed E-state index contributed by atoms with van der Waals surface area (Å²) in [5.74, 6) is 0.977. The van der Waals surface area contributed by atoms with Crippen LogP contribution in [0.2, 0.25) is 0 Å². The van der Waals surface area contributed by atoms with Crippen molar-refractivity contribution < 1.29 is 18.7 Å². The second kappa shape index (κ2) is 10.4. The van der Waals surface area contributed by atoms with Gasteiger partial charge in [-0.2, -0.15) is 4.98 Å². The minimum Gasteiger partial charge on any atom is -0.497 e. The maximum absolute atomic E-state index is 13.2. The van der Waals surface area contributed by atoms with Crippen molar-refractivity contribution in [2.24, 2.45) is 0 Å². The molecule has 0 aliphatic rings. The fraction of sp³-hybridized carbons (Fsp3) is 0.227. The first-order chi connectivity index (χ1) is 15.0. The number of anilines is 4. The van der Waals surface area contributed by atoms with E-state index in [4.69, 9.17) is 9.47 Å². The third-order valence-electron chi connectivity index (χ3n) is 4.29. The number of ether oxygens (including phenoxy) is 2. The molecule has 31 heavy (non-hydrogen) atoms. The van der Waals surface area contributed by atoms with Crippen LogP contribution >= 0.6 is 0 Å². The summed E-state index contributed by atoms with van der Waals surface area (Å²) in [6.07, 6.45) is 1.56. The highest BCUT2D eigenvalue weighted by atomic mass is 19.1. The summed E-state index contributed by atoms with van der Waals surface area (Å²) in [5.41, 5.74) is 1.01. The second-order valence-corrected chi connectivity index (χ2v) is 6.71. The Morgan fingerprint density at radius 2 is 1.81 bits per heavy atom. The number of hydrogen-bond acceptors (Lipinski definition) is 6. The average molecular weight is 425 g/mol. The third-order valence-corrected chi connectivity index (χ3v) is 4.29. The molecule has 3 aromatic rings. The zero-order valence-electron chi connectivity index (χ0n) is 17.5. The van der Waals surface area contributed by atoms with Crippen molar-refractivity contribution in [2.75, 3.05) is 36.4 Å². The van der Waals surface area contributed by atoms with Gasteiger partial charge in [0.05, 0.1) is 19.4 Å². The smallest absolute Gasteiger partial charge is 0.332 e. The van der Waals surface area contributed by atoms with Crippen molar-refractivity contribution in [3.63, 3.8) is 0 Å². The molecule has 8 nitrogen and oxygen atoms in total. The van der Waals surface area contributed by atoms with Gasteiger partial charge in [0, 0.05) is 31.1 Å². The number of urea groups is 1. The Balaban J connectivity index is 1.93. The third kappa shape index (κ3) is 5.89. The molecule has 1 unspecified atom stereocenters. The van der Waals surface area contributed by atoms with Gasteiger partial charge in [-0.05, 0) is 55.5 Å². The van der Waals surface area contributed by atoms with E-state index in [0.29, 0.717) is 35.5 Å². The Morgan fingerprint density at radius 1 is 1.10 bits per heavy atom. The summed E-state index contributed by atoms with van der Waals surface area (Å²) in [5, 5.41) is 5.90. The average Bonchev–Trinajstić information content (AvgIpc) is 2.76. The molecule has 0 radical (unpaired) electrons. The molecule has 0 aliphatic heterocycles. The van der Waals surface area contributed by atoms with Gasteiger partial charge in [-0.15, -0.1) is 0 Å². The molecule has 0 saturated carbocycles. The number of halogens is 1. The zero-order chi connectivity index (χ0) is 22.2. The van der Waals surface area contributed by atoms with Crippen molar-refractivity contribution in [1.82, 2.24) is 9.97 Å². The van der Waals surface area contributed by atoms with E-state index >= 15 is 0 Å². The van der Waals surface area contributed by atoms with Crippen LogP contribution in [-0.4, -0.2) is 42.9 Å². The Labute approximate surface area is 180 Å². The second-order valence-electron chi connectivity index (χ2n) is 6.71. The maximum atomic E-state index is 13.2. The molecule has 0 bridgehead atoms. The lowest BCUT2D eigenvalue weighted by molar-refractivity contribution is 0.190. The van der Waals surface area contributed by atoms with Crippen LogP contribution in [-0.2, 0) is 4.74 Å². The van der Waals surface area contributed by atoms with Crippen molar-refractivity contribution in [3.05, 3.63) is 66.6 Å². The molecule has 0 spiro atoms. The number of carbonyl (C=O) groups excluding carboxylic acids is 1. The number of carbonyl (C=O) groups is 1. The number of hydrogen-bond donors (Lipinski definition) is 2. The summed E-state index contributed by atoms with van der Waals surface area (Å²) in [6, 6.07) is 13.6. The molecule has 0 saturated heterocycles. The van der Waals surface area contributed by atoms with Gasteiger partial charge in [0.15, 0.2) is 0 Å². The van der Waals surface area contributed by atoms with Crippen molar-refractivity contribution in [2.45, 2.75) is 13.0 Å². The van der Waals surface area contributed by atoms with Crippen LogP contribution in [0.5, 0.6) is 5.75 Å². The molecule has 2 N–H and O–H groups in total. The Morgan fingerprint density at radius 3 is 2.45 bits per heavy atom. The fourth-order valence-electron chi connectivity index (χ4n) is 2.85. The summed E-state index contributed by atoms with van der Waals surface area (Å²) in [7, 11) is 3.18. The lowest BCUT2D eigenvalue weighted by atomic mass is 10.2. The zero-order valence-corrected chi connectivity index (χ0v) is 17.5. The van der Waals surface area contributed by atoms with E-state index in [1.807, 2.05) is 6.92 Å². The molecule has 9 heteroatoms. The van der Waals surface area contributed by atoms with Gasteiger partial charge < -0.3 is 20.1 Å². The van der Waals surface area contributed by atoms with Crippen LogP contribution in [0.1, 0.15) is 6.92 Å². The van der Waals surface area contributed by atoms with Crippen LogP contribution < -0.4 is 20.3 Å². The summed E-state index contributed by atoms with van der Waals surface area (Å²) in [6.45, 7) is 2.41. The van der Waals surface area contributed by atoms with Crippen molar-refractivity contribution in [1.29, 1.82) is 0 Å². The predicted molar refractivity (Wildman–Crippen MR) is 118 cm³/mol. The highest BCUT2D eigenvalue weighted by Gasteiger charge is 2.21. The lowest BCUT2D eigenvalue weighted by Crippen LogP contribution is -2.32. The molecule has 3 rings (SSSR count). The van der Waals surface area contributed by atoms with Gasteiger partial charge in [0.2, 0.25) is 5.95 Å². The van der Waals surface area contributed by atoms with Crippen LogP contribution in [0.15, 0.2) is 60.8 Å². The number of nitrogens with one attached hydrogen (secondary N) is 2. The summed E-state index contributed by atoms with van der Waals surface area (Å²) >= 11 is 0. The van der Waals surface area contributed by atoms with E-state index in [2.05, 4.69) is 20.6 Å². The van der Waals surface area contributed by atoms with E-state index in [0.717, 1.165) is 0 Å². The number of nitrogens with zero attached hydrogens (tertiary/aromatic N) is 3. The fourth-order valence-corrected chi connectivity index (χ4v) is 2.85. The SMILES string of the molecule is COCC(C)Nc1nccc(N(C(=O)Nc2ccc(F)cc2)c2ccc(OC)cc2)n1. The van der Waals surface area contributed by atoms with Gasteiger partial charge in [-0.25, -0.2) is 19.1 Å². The van der Waals surface area contributed by atoms with Crippen LogP contribution in [0.3, 0.4) is 0 Å². The van der Waals surface area contributed by atoms with Crippen LogP contribution in [0, 0.1) is 5.82 Å². The molecule has 2 amide bonds. The van der Waals surface area contributed by atoms with Crippen molar-refractivity contribution in [3.8, 4) is 5.75 Å². The monoisotopic (exact) mass is 425 g/mol. The normalized spacial score (nSPS) is 11.5. The highest BCUT2D eigenvalue weighted by Crippen LogP contribution is 2.27. The molecule has 0 fully saturated rings. The largest absolute Gasteiger partial charge is 0.497 e. The Kier molecular flexibility index (Phi) is 7.34. The Hall–Kier alpha value is -3.72. The first-order valence-electron chi connectivity index (χ1n) is 9.59. The van der Waals surface area contributed by atoms with E-state index in [-0.39, 0.29) is 11.9 Å². The van der Waals surface area contributed by atoms with E-state index in [1.165, 1.54) is 29.2 Å². The summed E-state index contributed by atoms with van der Waals surface area (Å²) in [4.78, 5) is 23.3. The number of amides is 2. The molecule has 2 aromatic carbocycles. The van der Waals surface area contributed by atoms with Gasteiger partial charge in [0.25, 0.3) is 0 Å². The quantitative estimate of drug-likeness (QED) is 0.555.